The summed E-state index contributed by atoms with van der Waals surface area (Å²) in [4.78, 5) is 14.9. The van der Waals surface area contributed by atoms with Gasteiger partial charge in [-0.25, -0.2) is 0 Å². The third kappa shape index (κ3) is 3.47. The van der Waals surface area contributed by atoms with Crippen LogP contribution in [0.1, 0.15) is 11.1 Å². The number of nitrogens with zero attached hydrogens (tertiary/aromatic N) is 3. The van der Waals surface area contributed by atoms with Gasteiger partial charge in [0.15, 0.2) is 0 Å². The van der Waals surface area contributed by atoms with Crippen molar-refractivity contribution in [3.8, 4) is 23.6 Å². The predicted molar refractivity (Wildman–Crippen MR) is 122 cm³/mol. The second-order valence-corrected chi connectivity index (χ2v) is 8.05. The molecular formula is C24H18N4O3S. The second kappa shape index (κ2) is 8.54. The molecule has 2 aromatic rings. The van der Waals surface area contributed by atoms with E-state index in [1.807, 2.05) is 12.1 Å². The minimum atomic E-state index is -0.647. The molecule has 4 rings (SSSR count). The summed E-state index contributed by atoms with van der Waals surface area (Å²) in [5.74, 6) is 1.05. The van der Waals surface area contributed by atoms with Crippen LogP contribution in [0.4, 0.5) is 0 Å². The maximum absolute atomic E-state index is 13.2. The average Bonchev–Trinajstić information content (AvgIpc) is 3.15. The molecule has 8 heteroatoms. The average molecular weight is 443 g/mol. The highest BCUT2D eigenvalue weighted by atomic mass is 32.2. The highest BCUT2D eigenvalue weighted by Crippen LogP contribution is 2.48. The van der Waals surface area contributed by atoms with Crippen LogP contribution in [-0.4, -0.2) is 30.4 Å². The van der Waals surface area contributed by atoms with E-state index in [1.165, 1.54) is 16.7 Å². The van der Waals surface area contributed by atoms with Crippen LogP contribution in [0.2, 0.25) is 0 Å². The zero-order chi connectivity index (χ0) is 22.8. The standard InChI is InChI=1S/C24H18N4O3S/c1-30-16-7-3-14(4-8-16)11-20-23(29)28-22(27)18(12-25)21(19(13-26)24(28)32-20)15-5-9-17(31-2)10-6-15/h3-11,24H,27H2,1-2H3. The molecule has 2 aliphatic rings. The number of thioether (sulfide) groups is 1. The quantitative estimate of drug-likeness (QED) is 0.720. The largest absolute Gasteiger partial charge is 0.497 e. The van der Waals surface area contributed by atoms with Crippen LogP contribution in [0, 0.1) is 22.7 Å². The minimum absolute atomic E-state index is 0.0398. The molecule has 1 atom stereocenters. The molecule has 1 amide bonds. The summed E-state index contributed by atoms with van der Waals surface area (Å²) in [6.45, 7) is 0. The zero-order valence-electron chi connectivity index (χ0n) is 17.3. The number of carbonyl (C=O) groups is 1. The van der Waals surface area contributed by atoms with E-state index in [4.69, 9.17) is 15.2 Å². The molecule has 0 bridgehead atoms. The van der Waals surface area contributed by atoms with Gasteiger partial charge >= 0.3 is 0 Å². The molecule has 1 fully saturated rings. The molecular weight excluding hydrogens is 424 g/mol. The lowest BCUT2D eigenvalue weighted by Gasteiger charge is -2.30. The molecule has 0 spiro atoms. The molecule has 32 heavy (non-hydrogen) atoms. The Morgan fingerprint density at radius 3 is 2.12 bits per heavy atom. The monoisotopic (exact) mass is 442 g/mol. The van der Waals surface area contributed by atoms with Crippen molar-refractivity contribution < 1.29 is 14.3 Å². The molecule has 1 unspecified atom stereocenters. The van der Waals surface area contributed by atoms with Gasteiger partial charge in [-0.05, 0) is 41.5 Å². The Morgan fingerprint density at radius 2 is 1.59 bits per heavy atom. The number of rotatable bonds is 4. The SMILES string of the molecule is COc1ccc(C=C2SC3C(C#N)=C(c4ccc(OC)cc4)C(C#N)=C(N)N3C2=O)cc1. The molecule has 1 saturated heterocycles. The first-order valence-electron chi connectivity index (χ1n) is 9.57. The number of nitrogens with two attached hydrogens (primary N) is 1. The number of hydrogen-bond acceptors (Lipinski definition) is 7. The van der Waals surface area contributed by atoms with Gasteiger partial charge in [0.1, 0.15) is 34.3 Å². The third-order valence-corrected chi connectivity index (χ3v) is 6.43. The normalized spacial score (nSPS) is 19.0. The highest BCUT2D eigenvalue weighted by Gasteiger charge is 2.45. The van der Waals surface area contributed by atoms with Crippen LogP contribution < -0.4 is 15.2 Å². The first-order valence-corrected chi connectivity index (χ1v) is 10.4. The maximum atomic E-state index is 13.2. The highest BCUT2D eigenvalue weighted by molar-refractivity contribution is 8.05. The van der Waals surface area contributed by atoms with Crippen molar-refractivity contribution in [1.29, 1.82) is 10.5 Å². The van der Waals surface area contributed by atoms with Crippen LogP contribution in [0.3, 0.4) is 0 Å². The van der Waals surface area contributed by atoms with Crippen LogP contribution in [0.5, 0.6) is 11.5 Å². The van der Waals surface area contributed by atoms with Gasteiger partial charge in [-0.15, -0.1) is 0 Å². The fourth-order valence-corrected chi connectivity index (χ4v) is 4.86. The molecule has 0 aromatic heterocycles. The van der Waals surface area contributed by atoms with E-state index in [0.717, 1.165) is 5.56 Å². The summed E-state index contributed by atoms with van der Waals surface area (Å²) in [6, 6.07) is 18.6. The van der Waals surface area contributed by atoms with E-state index in [-0.39, 0.29) is 17.3 Å². The molecule has 2 N–H and O–H groups in total. The fraction of sp³-hybridized carbons (Fsp3) is 0.125. The Bertz CT molecular complexity index is 1260. The number of carbonyl (C=O) groups excluding carboxylic acids is 1. The summed E-state index contributed by atoms with van der Waals surface area (Å²) in [5, 5.41) is 19.2. The van der Waals surface area contributed by atoms with Crippen LogP contribution >= 0.6 is 11.8 Å². The first kappa shape index (κ1) is 21.1. The van der Waals surface area contributed by atoms with Crippen molar-refractivity contribution >= 4 is 29.3 Å². The Morgan fingerprint density at radius 1 is 1.00 bits per heavy atom. The first-order chi connectivity index (χ1) is 15.5. The minimum Gasteiger partial charge on any atom is -0.497 e. The smallest absolute Gasteiger partial charge is 0.267 e. The number of ether oxygens (including phenoxy) is 2. The summed E-state index contributed by atoms with van der Waals surface area (Å²) >= 11 is 1.24. The Hall–Kier alpha value is -4.14. The van der Waals surface area contributed by atoms with Gasteiger partial charge in [0.2, 0.25) is 0 Å². The van der Waals surface area contributed by atoms with Gasteiger partial charge in [0.25, 0.3) is 5.91 Å². The van der Waals surface area contributed by atoms with Gasteiger partial charge in [-0.3, -0.25) is 9.69 Å². The van der Waals surface area contributed by atoms with Crippen molar-refractivity contribution in [2.75, 3.05) is 14.2 Å². The molecule has 158 valence electrons. The second-order valence-electron chi connectivity index (χ2n) is 6.93. The lowest BCUT2D eigenvalue weighted by atomic mass is 9.90. The molecule has 2 heterocycles. The number of methoxy groups -OCH3 is 2. The predicted octanol–water partition coefficient (Wildman–Crippen LogP) is 3.63. The topological polar surface area (TPSA) is 112 Å². The van der Waals surface area contributed by atoms with Gasteiger partial charge in [-0.2, -0.15) is 10.5 Å². The van der Waals surface area contributed by atoms with Gasteiger partial charge in [-0.1, -0.05) is 36.0 Å². The van der Waals surface area contributed by atoms with Crippen LogP contribution in [0.15, 0.2) is 70.4 Å². The number of nitriles is 2. The van der Waals surface area contributed by atoms with Gasteiger partial charge in [0.05, 0.1) is 30.8 Å². The van der Waals surface area contributed by atoms with E-state index in [2.05, 4.69) is 12.1 Å². The van der Waals surface area contributed by atoms with E-state index >= 15 is 0 Å². The molecule has 2 aliphatic heterocycles. The number of allylic oxidation sites excluding steroid dienone is 2. The number of hydrogen-bond donors (Lipinski definition) is 1. The number of benzene rings is 2. The van der Waals surface area contributed by atoms with E-state index in [1.54, 1.807) is 56.7 Å². The van der Waals surface area contributed by atoms with E-state index in [9.17, 15) is 15.3 Å². The van der Waals surface area contributed by atoms with Crippen LogP contribution in [0.25, 0.3) is 11.6 Å². The van der Waals surface area contributed by atoms with Crippen molar-refractivity contribution in [2.45, 2.75) is 5.37 Å². The van der Waals surface area contributed by atoms with Crippen molar-refractivity contribution in [1.82, 2.24) is 4.90 Å². The maximum Gasteiger partial charge on any atom is 0.267 e. The Kier molecular flexibility index (Phi) is 5.63. The van der Waals surface area contributed by atoms with Gasteiger partial charge in [0, 0.05) is 5.57 Å². The van der Waals surface area contributed by atoms with Crippen LogP contribution in [-0.2, 0) is 4.79 Å². The number of amides is 1. The summed E-state index contributed by atoms with van der Waals surface area (Å²) in [5.41, 5.74) is 8.59. The molecule has 0 radical (unpaired) electrons. The zero-order valence-corrected chi connectivity index (χ0v) is 18.1. The fourth-order valence-electron chi connectivity index (χ4n) is 3.61. The van der Waals surface area contributed by atoms with Crippen molar-refractivity contribution in [3.05, 3.63) is 81.5 Å². The molecule has 0 aliphatic carbocycles. The van der Waals surface area contributed by atoms with E-state index < -0.39 is 5.37 Å². The summed E-state index contributed by atoms with van der Waals surface area (Å²) in [7, 11) is 3.14. The van der Waals surface area contributed by atoms with Gasteiger partial charge < -0.3 is 15.2 Å². The van der Waals surface area contributed by atoms with Crippen molar-refractivity contribution in [2.24, 2.45) is 5.73 Å². The van der Waals surface area contributed by atoms with Crippen molar-refractivity contribution in [3.63, 3.8) is 0 Å². The lowest BCUT2D eigenvalue weighted by Crippen LogP contribution is -2.40. The summed E-state index contributed by atoms with van der Waals surface area (Å²) in [6.07, 6.45) is 1.74. The Labute approximate surface area is 189 Å². The molecule has 0 saturated carbocycles. The molecule has 7 nitrogen and oxygen atoms in total. The third-order valence-electron chi connectivity index (χ3n) is 5.21. The Balaban J connectivity index is 1.80. The van der Waals surface area contributed by atoms with E-state index in [0.29, 0.717) is 33.1 Å². The molecule has 2 aromatic carbocycles. The number of fused-ring (bicyclic) bond motifs is 1. The lowest BCUT2D eigenvalue weighted by molar-refractivity contribution is -0.124. The summed E-state index contributed by atoms with van der Waals surface area (Å²) < 4.78 is 10.4.